The van der Waals surface area contributed by atoms with E-state index in [0.29, 0.717) is 48.7 Å². The number of nitrogens with zero attached hydrogens (tertiary/aromatic N) is 2. The van der Waals surface area contributed by atoms with Gasteiger partial charge in [-0.05, 0) is 36.4 Å². The molecule has 0 radical (unpaired) electrons. The number of ether oxygens (including phenoxy) is 2. The third-order valence-corrected chi connectivity index (χ3v) is 6.98. The summed E-state index contributed by atoms with van der Waals surface area (Å²) in [7, 11) is 1.17. The van der Waals surface area contributed by atoms with Crippen LogP contribution < -0.4 is 14.4 Å². The van der Waals surface area contributed by atoms with E-state index >= 15 is 0 Å². The van der Waals surface area contributed by atoms with E-state index in [2.05, 4.69) is 0 Å². The Labute approximate surface area is 204 Å². The monoisotopic (exact) mass is 506 g/mol. The van der Waals surface area contributed by atoms with Gasteiger partial charge in [0.1, 0.15) is 5.75 Å². The van der Waals surface area contributed by atoms with Crippen molar-refractivity contribution in [3.8, 4) is 17.2 Å². The molecule has 0 unspecified atom stereocenters. The number of carbonyl (C=O) groups is 1. The van der Waals surface area contributed by atoms with Crippen molar-refractivity contribution in [3.63, 3.8) is 0 Å². The number of alkyl halides is 3. The molecule has 184 valence electrons. The van der Waals surface area contributed by atoms with Gasteiger partial charge in [-0.25, -0.2) is 0 Å². The summed E-state index contributed by atoms with van der Waals surface area (Å²) in [5.74, 6) is 0.195. The van der Waals surface area contributed by atoms with Crippen LogP contribution in [0.25, 0.3) is 5.69 Å². The molecule has 10 heteroatoms. The number of rotatable bonds is 4. The number of aliphatic hydroxyl groups excluding tert-OH is 1. The lowest BCUT2D eigenvalue weighted by atomic mass is 9.86. The van der Waals surface area contributed by atoms with Crippen LogP contribution in [0.5, 0.6) is 11.5 Å². The first kappa shape index (κ1) is 23.6. The summed E-state index contributed by atoms with van der Waals surface area (Å²) in [6.07, 6.45) is -3.25. The fourth-order valence-electron chi connectivity index (χ4n) is 5.15. The lowest BCUT2D eigenvalue weighted by Gasteiger charge is -2.46. The molecule has 0 atom stereocenters. The Bertz CT molecular complexity index is 1300. The lowest BCUT2D eigenvalue weighted by molar-refractivity contribution is -0.138. The summed E-state index contributed by atoms with van der Waals surface area (Å²) >= 11 is 6.21. The molecule has 2 aliphatic rings. The van der Waals surface area contributed by atoms with Crippen molar-refractivity contribution in [1.82, 2.24) is 4.57 Å². The van der Waals surface area contributed by atoms with Gasteiger partial charge < -0.3 is 24.0 Å². The highest BCUT2D eigenvalue weighted by Gasteiger charge is 2.46. The Hall–Kier alpha value is -3.17. The van der Waals surface area contributed by atoms with Gasteiger partial charge in [0.05, 0.1) is 36.3 Å². The molecule has 0 aliphatic carbocycles. The topological polar surface area (TPSA) is 63.9 Å². The van der Waals surface area contributed by atoms with Crippen molar-refractivity contribution in [2.45, 2.75) is 31.2 Å². The summed E-state index contributed by atoms with van der Waals surface area (Å²) in [6.45, 7) is 0.455. The van der Waals surface area contributed by atoms with Crippen molar-refractivity contribution >= 4 is 23.6 Å². The van der Waals surface area contributed by atoms with E-state index in [9.17, 15) is 23.1 Å². The van der Waals surface area contributed by atoms with Crippen LogP contribution >= 0.6 is 11.6 Å². The normalized spacial score (nSPS) is 16.5. The number of hydrogen-bond acceptors (Lipinski definition) is 5. The third-order valence-electron chi connectivity index (χ3n) is 6.75. The number of hydrogen-bond donors (Lipinski definition) is 1. The largest absolute Gasteiger partial charge is 0.494 e. The first-order valence-electron chi connectivity index (χ1n) is 11.0. The number of benzene rings is 2. The second kappa shape index (κ2) is 8.49. The minimum absolute atomic E-state index is 0.123. The molecule has 5 rings (SSSR count). The molecule has 0 bridgehead atoms. The van der Waals surface area contributed by atoms with Crippen LogP contribution in [0.4, 0.5) is 18.9 Å². The van der Waals surface area contributed by atoms with Crippen LogP contribution in [0, 0.1) is 0 Å². The number of piperidine rings is 1. The number of aldehydes is 1. The smallest absolute Gasteiger partial charge is 0.420 e. The van der Waals surface area contributed by atoms with Crippen LogP contribution in [0.15, 0.2) is 42.5 Å². The average molecular weight is 507 g/mol. The Balaban J connectivity index is 1.54. The number of halogens is 4. The molecule has 1 aromatic heterocycles. The average Bonchev–Trinajstić information content (AvgIpc) is 3.28. The predicted molar refractivity (Wildman–Crippen MR) is 124 cm³/mol. The Morgan fingerprint density at radius 2 is 1.91 bits per heavy atom. The fourth-order valence-corrected chi connectivity index (χ4v) is 5.31. The first-order chi connectivity index (χ1) is 16.7. The second-order valence-electron chi connectivity index (χ2n) is 8.60. The molecule has 3 aromatic rings. The van der Waals surface area contributed by atoms with Crippen molar-refractivity contribution in [3.05, 3.63) is 70.0 Å². The molecule has 3 heterocycles. The van der Waals surface area contributed by atoms with E-state index in [0.717, 1.165) is 17.4 Å². The van der Waals surface area contributed by atoms with Crippen molar-refractivity contribution in [2.75, 3.05) is 25.1 Å². The zero-order chi connectivity index (χ0) is 25.0. The highest BCUT2D eigenvalue weighted by molar-refractivity contribution is 6.30. The van der Waals surface area contributed by atoms with Gasteiger partial charge in [-0.3, -0.25) is 4.79 Å². The van der Waals surface area contributed by atoms with Crippen molar-refractivity contribution in [2.24, 2.45) is 0 Å². The maximum Gasteiger partial charge on any atom is 0.420 e. The molecule has 35 heavy (non-hydrogen) atoms. The van der Waals surface area contributed by atoms with Gasteiger partial charge in [0.15, 0.2) is 17.6 Å². The summed E-state index contributed by atoms with van der Waals surface area (Å²) < 4.78 is 54.5. The third kappa shape index (κ3) is 3.73. The first-order valence-corrected chi connectivity index (χ1v) is 11.4. The second-order valence-corrected chi connectivity index (χ2v) is 9.04. The van der Waals surface area contributed by atoms with Gasteiger partial charge in [-0.2, -0.15) is 13.2 Å². The Morgan fingerprint density at radius 3 is 2.54 bits per heavy atom. The van der Waals surface area contributed by atoms with Crippen LogP contribution in [0.1, 0.15) is 40.2 Å². The van der Waals surface area contributed by atoms with E-state index in [4.69, 9.17) is 21.1 Å². The number of carbonyl (C=O) groups excluding carboxylic acids is 1. The van der Waals surface area contributed by atoms with Gasteiger partial charge in [0.25, 0.3) is 0 Å². The molecule has 1 fully saturated rings. The predicted octanol–water partition coefficient (Wildman–Crippen LogP) is 5.35. The van der Waals surface area contributed by atoms with Crippen LogP contribution in [0.2, 0.25) is 5.02 Å². The van der Waals surface area contributed by atoms with Gasteiger partial charge in [-0.1, -0.05) is 11.6 Å². The summed E-state index contributed by atoms with van der Waals surface area (Å²) in [4.78, 5) is 13.5. The molecular formula is C25H22ClF3N2O4. The molecule has 0 amide bonds. The standard InChI is InChI=1S/C25H22ClF3N2O4/c1-34-23-18(25(27,28)29)5-2-15(13-32)22(23)30-10-8-24(9-11-30)21-7-4-17(14-33)31(21)19-6-3-16(26)12-20(19)35-24/h2-7,12-13,33H,8-11,14H2,1H3. The SMILES string of the molecule is COc1c(C(F)(F)F)ccc(C=O)c1N1CCC2(CC1)Oc1cc(Cl)ccc1-n1c(CO)ccc12. The van der Waals surface area contributed by atoms with Gasteiger partial charge >= 0.3 is 6.18 Å². The number of anilines is 1. The number of fused-ring (bicyclic) bond motifs is 4. The maximum absolute atomic E-state index is 13.6. The minimum Gasteiger partial charge on any atom is -0.494 e. The van der Waals surface area contributed by atoms with Crippen molar-refractivity contribution in [1.29, 1.82) is 0 Å². The highest BCUT2D eigenvalue weighted by Crippen LogP contribution is 2.49. The zero-order valence-corrected chi connectivity index (χ0v) is 19.5. The van der Waals surface area contributed by atoms with Gasteiger partial charge in [0.2, 0.25) is 0 Å². The van der Waals surface area contributed by atoms with Gasteiger partial charge in [0, 0.05) is 48.3 Å². The summed E-state index contributed by atoms with van der Waals surface area (Å²) in [5.41, 5.74) is 0.835. The number of methoxy groups -OCH3 is 1. The molecular weight excluding hydrogens is 485 g/mol. The number of aliphatic hydroxyl groups is 1. The van der Waals surface area contributed by atoms with E-state index < -0.39 is 17.3 Å². The Kier molecular flexibility index (Phi) is 5.72. The van der Waals surface area contributed by atoms with Crippen LogP contribution in [-0.2, 0) is 18.4 Å². The van der Waals surface area contributed by atoms with Crippen LogP contribution in [0.3, 0.4) is 0 Å². The molecule has 2 aliphatic heterocycles. The Morgan fingerprint density at radius 1 is 1.17 bits per heavy atom. The molecule has 1 spiro atoms. The molecule has 2 aromatic carbocycles. The van der Waals surface area contributed by atoms with Crippen LogP contribution in [-0.4, -0.2) is 36.2 Å². The minimum atomic E-state index is -4.63. The highest BCUT2D eigenvalue weighted by atomic mass is 35.5. The van der Waals surface area contributed by atoms with E-state index in [1.54, 1.807) is 17.0 Å². The summed E-state index contributed by atoms with van der Waals surface area (Å²) in [5, 5.41) is 10.4. The maximum atomic E-state index is 13.6. The molecule has 1 saturated heterocycles. The number of aromatic nitrogens is 1. The zero-order valence-electron chi connectivity index (χ0n) is 18.7. The van der Waals surface area contributed by atoms with Crippen molar-refractivity contribution < 1.29 is 32.5 Å². The lowest BCUT2D eigenvalue weighted by Crippen LogP contribution is -2.49. The van der Waals surface area contributed by atoms with E-state index in [-0.39, 0.29) is 23.6 Å². The molecule has 0 saturated carbocycles. The summed E-state index contributed by atoms with van der Waals surface area (Å²) in [6, 6.07) is 11.1. The quantitative estimate of drug-likeness (QED) is 0.483. The van der Waals surface area contributed by atoms with Gasteiger partial charge in [-0.15, -0.1) is 0 Å². The molecule has 1 N–H and O–H groups in total. The van der Waals surface area contributed by atoms with E-state index in [1.165, 1.54) is 13.2 Å². The fraction of sp³-hybridized carbons (Fsp3) is 0.320. The van der Waals surface area contributed by atoms with E-state index in [1.807, 2.05) is 22.8 Å². The molecule has 6 nitrogen and oxygen atoms in total.